The van der Waals surface area contributed by atoms with Crippen LogP contribution in [0, 0.1) is 13.8 Å². The summed E-state index contributed by atoms with van der Waals surface area (Å²) in [5, 5.41) is 2.64. The number of nitrogens with one attached hydrogen (secondary N) is 1. The molecule has 1 amide bonds. The molecule has 9 heteroatoms. The maximum Gasteiger partial charge on any atom is 0.338 e. The Bertz CT molecular complexity index is 1120. The highest BCUT2D eigenvalue weighted by Crippen LogP contribution is 2.39. The van der Waals surface area contributed by atoms with Crippen LogP contribution in [0.3, 0.4) is 0 Å². The van der Waals surface area contributed by atoms with E-state index in [0.29, 0.717) is 34.0 Å². The number of methoxy groups -OCH3 is 3. The summed E-state index contributed by atoms with van der Waals surface area (Å²) in [5.41, 5.74) is 3.56. The third-order valence-corrected chi connectivity index (χ3v) is 4.59. The lowest BCUT2D eigenvalue weighted by molar-refractivity contribution is -0.119. The molecule has 31 heavy (non-hydrogen) atoms. The van der Waals surface area contributed by atoms with E-state index in [0.717, 1.165) is 11.4 Å². The minimum atomic E-state index is -0.637. The topological polar surface area (TPSA) is 109 Å². The van der Waals surface area contributed by atoms with Gasteiger partial charge in [-0.2, -0.15) is 0 Å². The predicted octanol–water partition coefficient (Wildman–Crippen LogP) is 3.07. The van der Waals surface area contributed by atoms with Crippen LogP contribution in [-0.2, 0) is 9.53 Å². The summed E-state index contributed by atoms with van der Waals surface area (Å²) in [4.78, 5) is 33.5. The van der Waals surface area contributed by atoms with Gasteiger partial charge in [0.25, 0.3) is 5.91 Å². The number of ether oxygens (including phenoxy) is 4. The van der Waals surface area contributed by atoms with Gasteiger partial charge in [-0.05, 0) is 32.0 Å². The quantitative estimate of drug-likeness (QED) is 0.575. The minimum Gasteiger partial charge on any atom is -0.493 e. The summed E-state index contributed by atoms with van der Waals surface area (Å²) in [5.74, 6) is 0.0183. The number of fused-ring (bicyclic) bond motifs is 1. The largest absolute Gasteiger partial charge is 0.493 e. The highest BCUT2D eigenvalue weighted by Gasteiger charge is 2.16. The van der Waals surface area contributed by atoms with Gasteiger partial charge in [0, 0.05) is 17.8 Å². The van der Waals surface area contributed by atoms with Gasteiger partial charge < -0.3 is 24.3 Å². The standard InChI is InChI=1S/C22H23N3O6/c1-12-13(2)24-17-8-14(6-7-16(17)23-12)22(27)31-11-20(26)25-15-9-18(28-3)21(30-5)19(10-15)29-4/h6-10H,11H2,1-5H3,(H,25,26). The molecular weight excluding hydrogens is 402 g/mol. The first kappa shape index (κ1) is 21.8. The number of hydrogen-bond donors (Lipinski definition) is 1. The Morgan fingerprint density at radius 2 is 1.48 bits per heavy atom. The molecule has 0 bridgehead atoms. The Morgan fingerprint density at radius 1 is 0.871 bits per heavy atom. The molecule has 0 saturated carbocycles. The molecule has 3 aromatic rings. The number of amides is 1. The summed E-state index contributed by atoms with van der Waals surface area (Å²) in [6, 6.07) is 8.03. The average Bonchev–Trinajstić information content (AvgIpc) is 2.77. The van der Waals surface area contributed by atoms with E-state index in [9.17, 15) is 9.59 Å². The number of benzene rings is 2. The van der Waals surface area contributed by atoms with E-state index in [4.69, 9.17) is 18.9 Å². The summed E-state index contributed by atoms with van der Waals surface area (Å²) in [6.45, 7) is 3.25. The summed E-state index contributed by atoms with van der Waals surface area (Å²) >= 11 is 0. The van der Waals surface area contributed by atoms with Gasteiger partial charge in [-0.1, -0.05) is 0 Å². The van der Waals surface area contributed by atoms with Crippen molar-refractivity contribution < 1.29 is 28.5 Å². The van der Waals surface area contributed by atoms with Gasteiger partial charge in [-0.25, -0.2) is 14.8 Å². The second-order valence-corrected chi connectivity index (χ2v) is 6.64. The Morgan fingerprint density at radius 3 is 2.06 bits per heavy atom. The fourth-order valence-corrected chi connectivity index (χ4v) is 2.92. The monoisotopic (exact) mass is 425 g/mol. The van der Waals surface area contributed by atoms with Crippen LogP contribution in [0.5, 0.6) is 17.2 Å². The van der Waals surface area contributed by atoms with Gasteiger partial charge in [-0.3, -0.25) is 4.79 Å². The molecule has 0 atom stereocenters. The van der Waals surface area contributed by atoms with Crippen molar-refractivity contribution in [2.45, 2.75) is 13.8 Å². The molecule has 0 aliphatic carbocycles. The van der Waals surface area contributed by atoms with Crippen molar-refractivity contribution in [3.8, 4) is 17.2 Å². The molecule has 0 fully saturated rings. The van der Waals surface area contributed by atoms with Crippen molar-refractivity contribution in [2.24, 2.45) is 0 Å². The number of esters is 1. The van der Waals surface area contributed by atoms with E-state index in [-0.39, 0.29) is 5.56 Å². The lowest BCUT2D eigenvalue weighted by Gasteiger charge is -2.14. The zero-order valence-electron chi connectivity index (χ0n) is 17.9. The van der Waals surface area contributed by atoms with E-state index in [1.54, 1.807) is 30.3 Å². The Hall–Kier alpha value is -3.88. The normalized spacial score (nSPS) is 10.5. The molecule has 0 aliphatic rings. The van der Waals surface area contributed by atoms with Crippen LogP contribution in [0.4, 0.5) is 5.69 Å². The van der Waals surface area contributed by atoms with Gasteiger partial charge >= 0.3 is 5.97 Å². The van der Waals surface area contributed by atoms with Crippen molar-refractivity contribution in [3.63, 3.8) is 0 Å². The number of carbonyl (C=O) groups is 2. The Labute approximate surface area is 179 Å². The van der Waals surface area contributed by atoms with Gasteiger partial charge in [0.15, 0.2) is 18.1 Å². The molecule has 0 aliphatic heterocycles. The Kier molecular flexibility index (Phi) is 6.54. The third-order valence-electron chi connectivity index (χ3n) is 4.59. The van der Waals surface area contributed by atoms with Crippen LogP contribution in [-0.4, -0.2) is 49.8 Å². The predicted molar refractivity (Wildman–Crippen MR) is 114 cm³/mol. The number of aromatic nitrogens is 2. The molecule has 0 spiro atoms. The fraction of sp³-hybridized carbons (Fsp3) is 0.273. The van der Waals surface area contributed by atoms with E-state index in [2.05, 4.69) is 15.3 Å². The maximum absolute atomic E-state index is 12.4. The number of aryl methyl sites for hydroxylation is 2. The third kappa shape index (κ3) is 4.82. The first-order chi connectivity index (χ1) is 14.9. The van der Waals surface area contributed by atoms with Crippen LogP contribution < -0.4 is 19.5 Å². The van der Waals surface area contributed by atoms with Crippen LogP contribution in [0.2, 0.25) is 0 Å². The first-order valence-corrected chi connectivity index (χ1v) is 9.38. The zero-order chi connectivity index (χ0) is 22.5. The van der Waals surface area contributed by atoms with Gasteiger partial charge in [0.05, 0.1) is 49.3 Å². The zero-order valence-corrected chi connectivity index (χ0v) is 17.9. The molecule has 3 rings (SSSR count). The molecule has 1 N–H and O–H groups in total. The van der Waals surface area contributed by atoms with Crippen molar-refractivity contribution in [3.05, 3.63) is 47.3 Å². The number of nitrogens with zero attached hydrogens (tertiary/aromatic N) is 2. The number of anilines is 1. The van der Waals surface area contributed by atoms with Crippen molar-refractivity contribution in [2.75, 3.05) is 33.3 Å². The molecule has 0 saturated heterocycles. The van der Waals surface area contributed by atoms with E-state index in [1.807, 2.05) is 13.8 Å². The number of rotatable bonds is 7. The number of carbonyl (C=O) groups excluding carboxylic acids is 2. The molecule has 0 radical (unpaired) electrons. The van der Waals surface area contributed by atoms with Crippen molar-refractivity contribution in [1.82, 2.24) is 9.97 Å². The first-order valence-electron chi connectivity index (χ1n) is 9.38. The molecular formula is C22H23N3O6. The highest BCUT2D eigenvalue weighted by molar-refractivity contribution is 5.97. The molecule has 162 valence electrons. The lowest BCUT2D eigenvalue weighted by atomic mass is 10.2. The van der Waals surface area contributed by atoms with Gasteiger partial charge in [0.2, 0.25) is 5.75 Å². The van der Waals surface area contributed by atoms with E-state index < -0.39 is 18.5 Å². The highest BCUT2D eigenvalue weighted by atomic mass is 16.5. The van der Waals surface area contributed by atoms with Crippen LogP contribution >= 0.6 is 0 Å². The van der Waals surface area contributed by atoms with E-state index >= 15 is 0 Å². The summed E-state index contributed by atoms with van der Waals surface area (Å²) in [7, 11) is 4.43. The van der Waals surface area contributed by atoms with Crippen molar-refractivity contribution in [1.29, 1.82) is 0 Å². The molecule has 2 aromatic carbocycles. The second kappa shape index (κ2) is 9.29. The average molecular weight is 425 g/mol. The molecule has 0 unspecified atom stereocenters. The van der Waals surface area contributed by atoms with Crippen LogP contribution in [0.25, 0.3) is 11.0 Å². The fourth-order valence-electron chi connectivity index (χ4n) is 2.92. The second-order valence-electron chi connectivity index (χ2n) is 6.64. The lowest BCUT2D eigenvalue weighted by Crippen LogP contribution is -2.21. The molecule has 9 nitrogen and oxygen atoms in total. The minimum absolute atomic E-state index is 0.283. The van der Waals surface area contributed by atoms with E-state index in [1.165, 1.54) is 21.3 Å². The van der Waals surface area contributed by atoms with Crippen LogP contribution in [0.15, 0.2) is 30.3 Å². The van der Waals surface area contributed by atoms with Crippen LogP contribution in [0.1, 0.15) is 21.7 Å². The smallest absolute Gasteiger partial charge is 0.338 e. The maximum atomic E-state index is 12.4. The van der Waals surface area contributed by atoms with Crippen molar-refractivity contribution >= 4 is 28.6 Å². The number of hydrogen-bond acceptors (Lipinski definition) is 8. The molecule has 1 aromatic heterocycles. The molecule has 1 heterocycles. The Balaban J connectivity index is 1.67. The van der Waals surface area contributed by atoms with Gasteiger partial charge in [-0.15, -0.1) is 0 Å². The SMILES string of the molecule is COc1cc(NC(=O)COC(=O)c2ccc3nc(C)c(C)nc3c2)cc(OC)c1OC. The summed E-state index contributed by atoms with van der Waals surface area (Å²) < 4.78 is 20.9. The van der Waals surface area contributed by atoms with Gasteiger partial charge in [0.1, 0.15) is 0 Å². The summed E-state index contributed by atoms with van der Waals surface area (Å²) in [6.07, 6.45) is 0.